The highest BCUT2D eigenvalue weighted by atomic mass is 35.5. The highest BCUT2D eigenvalue weighted by Crippen LogP contribution is 2.40. The highest BCUT2D eigenvalue weighted by Gasteiger charge is 2.34. The van der Waals surface area contributed by atoms with Crippen LogP contribution in [0.15, 0.2) is 36.5 Å². The van der Waals surface area contributed by atoms with Crippen LogP contribution in [0.5, 0.6) is 0 Å². The van der Waals surface area contributed by atoms with Gasteiger partial charge in [0.25, 0.3) is 0 Å². The molecule has 2 amide bonds. The molecule has 35 heavy (non-hydrogen) atoms. The van der Waals surface area contributed by atoms with Gasteiger partial charge in [-0.3, -0.25) is 5.32 Å². The Balaban J connectivity index is 1.58. The van der Waals surface area contributed by atoms with Crippen molar-refractivity contribution in [1.29, 1.82) is 0 Å². The van der Waals surface area contributed by atoms with Gasteiger partial charge in [-0.25, -0.2) is 14.6 Å². The van der Waals surface area contributed by atoms with Crippen molar-refractivity contribution in [2.24, 2.45) is 0 Å². The minimum Gasteiger partial charge on any atom is -0.465 e. The van der Waals surface area contributed by atoms with Gasteiger partial charge in [0.2, 0.25) is 0 Å². The molecule has 0 atom stereocenters. The normalized spacial score (nSPS) is 13.3. The van der Waals surface area contributed by atoms with Gasteiger partial charge in [0.15, 0.2) is 0 Å². The number of fused-ring (bicyclic) bond motifs is 1. The summed E-state index contributed by atoms with van der Waals surface area (Å²) < 4.78 is 43.8. The van der Waals surface area contributed by atoms with Crippen molar-refractivity contribution in [2.45, 2.75) is 19.1 Å². The molecule has 13 heteroatoms. The third-order valence-corrected chi connectivity index (χ3v) is 6.89. The summed E-state index contributed by atoms with van der Waals surface area (Å²) in [4.78, 5) is 31.5. The Morgan fingerprint density at radius 3 is 2.51 bits per heavy atom. The zero-order valence-electron chi connectivity index (χ0n) is 18.0. The predicted molar refractivity (Wildman–Crippen MR) is 129 cm³/mol. The number of halogens is 5. The lowest BCUT2D eigenvalue weighted by Gasteiger charge is -2.29. The molecule has 1 aliphatic heterocycles. The molecule has 0 unspecified atom stereocenters. The van der Waals surface area contributed by atoms with E-state index in [0.717, 1.165) is 17.1 Å². The van der Waals surface area contributed by atoms with E-state index in [1.165, 1.54) is 18.4 Å². The predicted octanol–water partition coefficient (Wildman–Crippen LogP) is 6.46. The highest BCUT2D eigenvalue weighted by molar-refractivity contribution is 7.17. The molecule has 3 heterocycles. The van der Waals surface area contributed by atoms with E-state index in [1.807, 2.05) is 0 Å². The summed E-state index contributed by atoms with van der Waals surface area (Å²) in [6.45, 7) is 0.588. The van der Waals surface area contributed by atoms with Crippen LogP contribution in [0.1, 0.15) is 26.4 Å². The van der Waals surface area contributed by atoms with Crippen LogP contribution in [0, 0.1) is 0 Å². The van der Waals surface area contributed by atoms with Gasteiger partial charge in [-0.2, -0.15) is 13.2 Å². The molecule has 0 radical (unpaired) electrons. The summed E-state index contributed by atoms with van der Waals surface area (Å²) in [7, 11) is 1.24. The summed E-state index contributed by atoms with van der Waals surface area (Å²) in [6.07, 6.45) is -3.45. The lowest BCUT2D eigenvalue weighted by molar-refractivity contribution is -0.137. The number of esters is 1. The number of carbonyl (C=O) groups is 2. The van der Waals surface area contributed by atoms with E-state index in [2.05, 4.69) is 15.6 Å². The van der Waals surface area contributed by atoms with Gasteiger partial charge < -0.3 is 15.0 Å². The fourth-order valence-corrected chi connectivity index (χ4v) is 5.27. The van der Waals surface area contributed by atoms with E-state index in [1.54, 1.807) is 29.2 Å². The third-order valence-electron chi connectivity index (χ3n) is 5.22. The quantitative estimate of drug-likeness (QED) is 0.368. The van der Waals surface area contributed by atoms with E-state index in [0.29, 0.717) is 34.2 Å². The number of rotatable bonds is 4. The number of thiophene rings is 1. The van der Waals surface area contributed by atoms with Crippen LogP contribution in [0.25, 0.3) is 0 Å². The summed E-state index contributed by atoms with van der Waals surface area (Å²) in [5.41, 5.74) is 0.501. The van der Waals surface area contributed by atoms with Gasteiger partial charge in [0, 0.05) is 28.3 Å². The summed E-state index contributed by atoms with van der Waals surface area (Å²) in [6, 6.07) is 6.76. The fraction of sp³-hybridized carbons (Fsp3) is 0.227. The number of urea groups is 1. The molecular weight excluding hydrogens is 528 g/mol. The molecule has 0 saturated heterocycles. The molecule has 3 aromatic rings. The number of pyridine rings is 1. The van der Waals surface area contributed by atoms with E-state index >= 15 is 0 Å². The smallest absolute Gasteiger partial charge is 0.417 e. The van der Waals surface area contributed by atoms with Crippen molar-refractivity contribution < 1.29 is 27.5 Å². The van der Waals surface area contributed by atoms with Gasteiger partial charge in [-0.05, 0) is 42.3 Å². The molecular formula is C22H17Cl2F3N4O3S. The number of benzene rings is 1. The average Bonchev–Trinajstić information content (AvgIpc) is 3.16. The second-order valence-corrected chi connectivity index (χ2v) is 9.43. The second-order valence-electron chi connectivity index (χ2n) is 7.48. The van der Waals surface area contributed by atoms with Crippen LogP contribution in [0.4, 0.5) is 34.5 Å². The number of aromatic nitrogens is 1. The number of hydrogen-bond acceptors (Lipinski definition) is 6. The molecule has 0 aliphatic carbocycles. The molecule has 0 saturated carbocycles. The Bertz CT molecular complexity index is 1280. The van der Waals surface area contributed by atoms with Crippen molar-refractivity contribution in [3.8, 4) is 0 Å². The van der Waals surface area contributed by atoms with Crippen LogP contribution in [-0.2, 0) is 23.9 Å². The summed E-state index contributed by atoms with van der Waals surface area (Å²) in [5, 5.41) is 6.02. The topological polar surface area (TPSA) is 83.6 Å². The summed E-state index contributed by atoms with van der Waals surface area (Å²) in [5.74, 6) is -0.406. The van der Waals surface area contributed by atoms with Crippen molar-refractivity contribution in [2.75, 3.05) is 29.2 Å². The van der Waals surface area contributed by atoms with Crippen LogP contribution < -0.4 is 15.5 Å². The van der Waals surface area contributed by atoms with Crippen molar-refractivity contribution >= 4 is 63.0 Å². The number of carbonyl (C=O) groups excluding carboxylic acids is 2. The molecule has 0 fully saturated rings. The Labute approximate surface area is 211 Å². The first kappa shape index (κ1) is 25.1. The minimum absolute atomic E-state index is 0.131. The van der Waals surface area contributed by atoms with Crippen molar-refractivity contribution in [3.63, 3.8) is 0 Å². The lowest BCUT2D eigenvalue weighted by Crippen LogP contribution is -2.31. The second kappa shape index (κ2) is 9.92. The van der Waals surface area contributed by atoms with Crippen LogP contribution >= 0.6 is 34.5 Å². The average molecular weight is 545 g/mol. The van der Waals surface area contributed by atoms with Gasteiger partial charge in [-0.1, -0.05) is 23.2 Å². The Hall–Kier alpha value is -3.02. The van der Waals surface area contributed by atoms with E-state index < -0.39 is 23.7 Å². The van der Waals surface area contributed by atoms with E-state index in [-0.39, 0.29) is 22.9 Å². The molecule has 2 aromatic heterocycles. The van der Waals surface area contributed by atoms with Gasteiger partial charge in [0.05, 0.1) is 29.8 Å². The molecule has 1 aliphatic rings. The number of anilines is 3. The van der Waals surface area contributed by atoms with Gasteiger partial charge >= 0.3 is 18.2 Å². The zero-order chi connectivity index (χ0) is 25.3. The third kappa shape index (κ3) is 5.47. The first-order chi connectivity index (χ1) is 16.6. The molecule has 7 nitrogen and oxygen atoms in total. The lowest BCUT2D eigenvalue weighted by atomic mass is 10.0. The van der Waals surface area contributed by atoms with Crippen LogP contribution in [0.3, 0.4) is 0 Å². The van der Waals surface area contributed by atoms with E-state index in [9.17, 15) is 22.8 Å². The largest absolute Gasteiger partial charge is 0.465 e. The minimum atomic E-state index is -4.55. The molecule has 184 valence electrons. The number of alkyl halides is 3. The van der Waals surface area contributed by atoms with E-state index in [4.69, 9.17) is 27.9 Å². The number of nitrogens with one attached hydrogen (secondary N) is 2. The monoisotopic (exact) mass is 544 g/mol. The van der Waals surface area contributed by atoms with Crippen LogP contribution in [-0.4, -0.2) is 30.6 Å². The standard InChI is InChI=1S/C22H17Cl2F3N4O3S/c1-34-20(32)17-14-6-7-31(18-15(24)8-11(9-28-18)22(25,26)27)10-16(14)35-19(17)30-21(33)29-13-4-2-12(23)3-5-13/h2-5,8-9H,6-7,10H2,1H3,(H2,29,30,33). The SMILES string of the molecule is COC(=O)c1c(NC(=O)Nc2ccc(Cl)cc2)sc2c1CCN(c1ncc(C(F)(F)F)cc1Cl)C2. The first-order valence-corrected chi connectivity index (χ1v) is 11.7. The van der Waals surface area contributed by atoms with Gasteiger partial charge in [-0.15, -0.1) is 11.3 Å². The first-order valence-electron chi connectivity index (χ1n) is 10.1. The van der Waals surface area contributed by atoms with Crippen molar-refractivity contribution in [3.05, 3.63) is 68.1 Å². The molecule has 2 N–H and O–H groups in total. The maximum absolute atomic E-state index is 13.0. The molecule has 4 rings (SSSR count). The Morgan fingerprint density at radius 2 is 1.89 bits per heavy atom. The molecule has 0 spiro atoms. The maximum Gasteiger partial charge on any atom is 0.417 e. The zero-order valence-corrected chi connectivity index (χ0v) is 20.3. The number of amides is 2. The maximum atomic E-state index is 13.0. The van der Waals surface area contributed by atoms with Crippen LogP contribution in [0.2, 0.25) is 10.0 Å². The number of ether oxygens (including phenoxy) is 1. The Morgan fingerprint density at radius 1 is 1.17 bits per heavy atom. The number of nitrogens with zero attached hydrogens (tertiary/aromatic N) is 2. The number of hydrogen-bond donors (Lipinski definition) is 2. The molecule has 1 aromatic carbocycles. The Kier molecular flexibility index (Phi) is 7.11. The molecule has 0 bridgehead atoms. The van der Waals surface area contributed by atoms with Gasteiger partial charge in [0.1, 0.15) is 10.8 Å². The number of methoxy groups -OCH3 is 1. The summed E-state index contributed by atoms with van der Waals surface area (Å²) >= 11 is 13.1. The fourth-order valence-electron chi connectivity index (χ4n) is 3.61. The van der Waals surface area contributed by atoms with Crippen molar-refractivity contribution in [1.82, 2.24) is 4.98 Å².